The number of aliphatic imine (C=N–C) groups is 1. The molecule has 1 fully saturated rings. The molecule has 0 bridgehead atoms. The molecule has 1 aliphatic carbocycles. The van der Waals surface area contributed by atoms with Crippen molar-refractivity contribution >= 4 is 23.5 Å². The zero-order valence-corrected chi connectivity index (χ0v) is 13.0. The molecule has 0 saturated heterocycles. The third-order valence-corrected chi connectivity index (χ3v) is 3.57. The van der Waals surface area contributed by atoms with Gasteiger partial charge in [0.25, 0.3) is 0 Å². The fraction of sp³-hybridized carbons (Fsp3) is 0.200. The minimum absolute atomic E-state index is 0.0663. The van der Waals surface area contributed by atoms with Crippen LogP contribution in [0.3, 0.4) is 0 Å². The van der Waals surface area contributed by atoms with Crippen molar-refractivity contribution in [2.24, 2.45) is 10.7 Å². The van der Waals surface area contributed by atoms with E-state index in [-0.39, 0.29) is 11.8 Å². The largest absolute Gasteiger partial charge is 0.489 e. The number of amides is 1. The topological polar surface area (TPSA) is 111 Å². The van der Waals surface area contributed by atoms with Crippen LogP contribution in [0.2, 0.25) is 5.02 Å². The molecule has 1 saturated carbocycles. The summed E-state index contributed by atoms with van der Waals surface area (Å²) in [4.78, 5) is 21.1. The summed E-state index contributed by atoms with van der Waals surface area (Å²) in [5, 5.41) is 8.93. The smallest absolute Gasteiger partial charge is 0.433 e. The van der Waals surface area contributed by atoms with Crippen molar-refractivity contribution < 1.29 is 19.0 Å². The Labute approximate surface area is 141 Å². The van der Waals surface area contributed by atoms with Crippen LogP contribution in [-0.4, -0.2) is 33.1 Å². The molecule has 3 N–H and O–H groups in total. The summed E-state index contributed by atoms with van der Waals surface area (Å²) in [6.45, 7) is 0. The number of amidine groups is 1. The zero-order chi connectivity index (χ0) is 17.3. The summed E-state index contributed by atoms with van der Waals surface area (Å²) in [5.74, 6) is -0.917. The van der Waals surface area contributed by atoms with Gasteiger partial charge in [-0.2, -0.15) is 4.99 Å². The predicted octanol–water partition coefficient (Wildman–Crippen LogP) is 2.86. The summed E-state index contributed by atoms with van der Waals surface area (Å²) in [5.41, 5.74) is 5.38. The van der Waals surface area contributed by atoms with E-state index in [9.17, 15) is 9.18 Å². The van der Waals surface area contributed by atoms with Crippen LogP contribution in [0.4, 0.5) is 9.18 Å². The third-order valence-electron chi connectivity index (χ3n) is 3.27. The van der Waals surface area contributed by atoms with Crippen molar-refractivity contribution in [3.05, 3.63) is 41.1 Å². The van der Waals surface area contributed by atoms with E-state index in [1.165, 1.54) is 6.07 Å². The minimum Gasteiger partial charge on any atom is -0.489 e. The Morgan fingerprint density at radius 1 is 1.42 bits per heavy atom. The Morgan fingerprint density at radius 3 is 2.79 bits per heavy atom. The summed E-state index contributed by atoms with van der Waals surface area (Å²) in [6.07, 6.45) is 1.69. The maximum absolute atomic E-state index is 14.6. The van der Waals surface area contributed by atoms with Gasteiger partial charge in [-0.1, -0.05) is 11.6 Å². The fourth-order valence-corrected chi connectivity index (χ4v) is 2.24. The van der Waals surface area contributed by atoms with E-state index < -0.39 is 23.4 Å². The molecule has 7 nitrogen and oxygen atoms in total. The Hall–Kier alpha value is -2.74. The van der Waals surface area contributed by atoms with E-state index in [4.69, 9.17) is 27.2 Å². The van der Waals surface area contributed by atoms with Gasteiger partial charge in [-0.05, 0) is 31.0 Å². The van der Waals surface area contributed by atoms with Gasteiger partial charge in [-0.25, -0.2) is 19.2 Å². The maximum Gasteiger partial charge on any atom is 0.433 e. The van der Waals surface area contributed by atoms with Gasteiger partial charge in [-0.3, -0.25) is 0 Å². The number of halogens is 2. The molecule has 0 spiro atoms. The third kappa shape index (κ3) is 3.43. The van der Waals surface area contributed by atoms with E-state index in [1.54, 1.807) is 12.1 Å². The molecule has 3 rings (SSSR count). The van der Waals surface area contributed by atoms with Gasteiger partial charge in [0.05, 0.1) is 11.1 Å². The lowest BCUT2D eigenvalue weighted by Crippen LogP contribution is -2.19. The number of hydrogen-bond donors (Lipinski definition) is 2. The van der Waals surface area contributed by atoms with Gasteiger partial charge in [0, 0.05) is 5.56 Å². The second kappa shape index (κ2) is 6.40. The Balaban J connectivity index is 1.97. The highest BCUT2D eigenvalue weighted by Crippen LogP contribution is 2.35. The molecule has 1 aliphatic rings. The second-order valence-corrected chi connectivity index (χ2v) is 5.53. The highest BCUT2D eigenvalue weighted by Gasteiger charge is 2.25. The lowest BCUT2D eigenvalue weighted by Gasteiger charge is -2.10. The Bertz CT molecular complexity index is 839. The molecular weight excluding hydrogens is 339 g/mol. The molecule has 124 valence electrons. The van der Waals surface area contributed by atoms with Gasteiger partial charge in [0.2, 0.25) is 0 Å². The molecule has 1 heterocycles. The molecule has 0 aliphatic heterocycles. The van der Waals surface area contributed by atoms with E-state index >= 15 is 0 Å². The first kappa shape index (κ1) is 16.1. The van der Waals surface area contributed by atoms with Gasteiger partial charge >= 0.3 is 6.09 Å². The average molecular weight is 351 g/mol. The van der Waals surface area contributed by atoms with Crippen LogP contribution in [0.1, 0.15) is 18.5 Å². The Kier molecular flexibility index (Phi) is 4.30. The van der Waals surface area contributed by atoms with Crippen molar-refractivity contribution in [3.63, 3.8) is 0 Å². The predicted molar refractivity (Wildman–Crippen MR) is 84.8 cm³/mol. The lowest BCUT2D eigenvalue weighted by atomic mass is 10.1. The molecule has 0 unspecified atom stereocenters. The van der Waals surface area contributed by atoms with Crippen molar-refractivity contribution in [1.82, 2.24) is 9.97 Å². The van der Waals surface area contributed by atoms with E-state index in [0.29, 0.717) is 16.3 Å². The number of carbonyl (C=O) groups is 1. The van der Waals surface area contributed by atoms with Gasteiger partial charge in [0.15, 0.2) is 11.7 Å². The van der Waals surface area contributed by atoms with E-state index in [1.807, 2.05) is 0 Å². The molecule has 1 aromatic carbocycles. The first-order valence-electron chi connectivity index (χ1n) is 7.00. The Morgan fingerprint density at radius 2 is 2.17 bits per heavy atom. The van der Waals surface area contributed by atoms with E-state index in [2.05, 4.69) is 15.0 Å². The number of nitrogens with zero attached hydrogens (tertiary/aromatic N) is 3. The summed E-state index contributed by atoms with van der Waals surface area (Å²) in [7, 11) is 0. The summed E-state index contributed by atoms with van der Waals surface area (Å²) in [6, 6.07) is 4.74. The van der Waals surface area contributed by atoms with Crippen LogP contribution in [-0.2, 0) is 0 Å². The van der Waals surface area contributed by atoms with Crippen molar-refractivity contribution in [1.29, 1.82) is 0 Å². The van der Waals surface area contributed by atoms with Crippen molar-refractivity contribution in [3.8, 4) is 17.0 Å². The monoisotopic (exact) mass is 350 g/mol. The molecular formula is C15H12ClFN4O3. The quantitative estimate of drug-likeness (QED) is 0.648. The molecule has 2 aromatic rings. The molecule has 1 aromatic heterocycles. The lowest BCUT2D eigenvalue weighted by molar-refractivity contribution is 0.205. The van der Waals surface area contributed by atoms with Crippen LogP contribution >= 0.6 is 11.6 Å². The average Bonchev–Trinajstić information content (AvgIpc) is 3.33. The number of carboxylic acid groups (broad SMARTS) is 1. The van der Waals surface area contributed by atoms with Crippen LogP contribution in [0.15, 0.2) is 29.5 Å². The highest BCUT2D eigenvalue weighted by molar-refractivity contribution is 6.32. The van der Waals surface area contributed by atoms with Crippen LogP contribution in [0.25, 0.3) is 11.3 Å². The van der Waals surface area contributed by atoms with Crippen LogP contribution in [0.5, 0.6) is 5.75 Å². The van der Waals surface area contributed by atoms with Crippen LogP contribution in [0, 0.1) is 5.82 Å². The van der Waals surface area contributed by atoms with E-state index in [0.717, 1.165) is 19.2 Å². The number of aromatic nitrogens is 2. The SMILES string of the molecule is N/C(=N\C(=O)O)c1ncnc(-c2ccc(OC3CC3)c(Cl)c2)c1F. The van der Waals surface area contributed by atoms with Crippen LogP contribution < -0.4 is 10.5 Å². The van der Waals surface area contributed by atoms with Gasteiger partial charge in [-0.15, -0.1) is 0 Å². The normalized spacial score (nSPS) is 14.5. The number of hydrogen-bond acceptors (Lipinski definition) is 4. The van der Waals surface area contributed by atoms with Crippen molar-refractivity contribution in [2.45, 2.75) is 18.9 Å². The highest BCUT2D eigenvalue weighted by atomic mass is 35.5. The molecule has 0 radical (unpaired) electrons. The fourth-order valence-electron chi connectivity index (χ4n) is 2.01. The number of benzene rings is 1. The molecule has 0 atom stereocenters. The first-order chi connectivity index (χ1) is 11.5. The summed E-state index contributed by atoms with van der Waals surface area (Å²) >= 11 is 6.16. The summed E-state index contributed by atoms with van der Waals surface area (Å²) < 4.78 is 20.2. The van der Waals surface area contributed by atoms with Gasteiger partial charge < -0.3 is 15.6 Å². The van der Waals surface area contributed by atoms with Crippen molar-refractivity contribution in [2.75, 3.05) is 0 Å². The van der Waals surface area contributed by atoms with Gasteiger partial charge in [0.1, 0.15) is 23.5 Å². The number of nitrogens with two attached hydrogens (primary N) is 1. The minimum atomic E-state index is -1.54. The molecule has 24 heavy (non-hydrogen) atoms. The standard InChI is InChI=1S/C15H12ClFN4O3/c16-9-5-7(1-4-10(9)24-8-2-3-8)12-11(17)13(20-6-19-12)14(18)21-15(22)23/h1,4-6,8H,2-3H2,(H2,18,21)(H,22,23). The molecule has 9 heteroatoms. The number of rotatable bonds is 4. The number of ether oxygens (including phenoxy) is 1. The maximum atomic E-state index is 14.6. The molecule has 1 amide bonds. The first-order valence-corrected chi connectivity index (χ1v) is 7.38. The second-order valence-electron chi connectivity index (χ2n) is 5.13. The zero-order valence-electron chi connectivity index (χ0n) is 12.2.